The van der Waals surface area contributed by atoms with E-state index in [9.17, 15) is 14.7 Å². The Kier molecular flexibility index (Phi) is 4.76. The number of rotatable bonds is 5. The molecule has 2 fully saturated rings. The van der Waals surface area contributed by atoms with Gasteiger partial charge in [0.2, 0.25) is 0 Å². The fourth-order valence-electron chi connectivity index (χ4n) is 3.48. The first kappa shape index (κ1) is 16.8. The Hall–Kier alpha value is -2.08. The van der Waals surface area contributed by atoms with Crippen LogP contribution in [0.2, 0.25) is 0 Å². The Morgan fingerprint density at radius 1 is 1.25 bits per heavy atom. The second-order valence-electron chi connectivity index (χ2n) is 6.62. The molecular weight excluding hydrogens is 308 g/mol. The Bertz CT molecular complexity index is 602. The Morgan fingerprint density at radius 3 is 2.62 bits per heavy atom. The summed E-state index contributed by atoms with van der Waals surface area (Å²) in [5.41, 5.74) is 1.99. The molecule has 3 amide bonds. The molecule has 0 unspecified atom stereocenters. The minimum absolute atomic E-state index is 0.0183. The van der Waals surface area contributed by atoms with Gasteiger partial charge in [0.25, 0.3) is 5.91 Å². The summed E-state index contributed by atoms with van der Waals surface area (Å²) >= 11 is 0. The lowest BCUT2D eigenvalue weighted by Gasteiger charge is -2.26. The van der Waals surface area contributed by atoms with E-state index in [2.05, 4.69) is 0 Å². The van der Waals surface area contributed by atoms with Gasteiger partial charge < -0.3 is 14.7 Å². The molecule has 130 valence electrons. The van der Waals surface area contributed by atoms with Crippen LogP contribution in [0.5, 0.6) is 5.75 Å². The Balaban J connectivity index is 1.60. The molecule has 0 saturated carbocycles. The van der Waals surface area contributed by atoms with Gasteiger partial charge in [-0.3, -0.25) is 9.69 Å². The highest BCUT2D eigenvalue weighted by atomic mass is 16.5. The molecule has 3 rings (SSSR count). The maximum absolute atomic E-state index is 12.4. The van der Waals surface area contributed by atoms with Crippen molar-refractivity contribution < 1.29 is 19.4 Å². The zero-order valence-corrected chi connectivity index (χ0v) is 14.2. The molecule has 24 heavy (non-hydrogen) atoms. The van der Waals surface area contributed by atoms with Crippen LogP contribution in [-0.4, -0.2) is 58.7 Å². The molecule has 6 heteroatoms. The average molecular weight is 332 g/mol. The van der Waals surface area contributed by atoms with Crippen LogP contribution in [0.3, 0.4) is 0 Å². The number of carbonyl (C=O) groups excluding carboxylic acids is 2. The number of aryl methyl sites for hydroxylation is 2. The average Bonchev–Trinajstić information content (AvgIpc) is 2.80. The second-order valence-corrected chi connectivity index (χ2v) is 6.62. The largest absolute Gasteiger partial charge is 0.490 e. The van der Waals surface area contributed by atoms with Crippen molar-refractivity contribution in [3.05, 3.63) is 29.3 Å². The van der Waals surface area contributed by atoms with Gasteiger partial charge in [0.15, 0.2) is 0 Å². The summed E-state index contributed by atoms with van der Waals surface area (Å²) in [4.78, 5) is 27.5. The molecule has 1 aromatic carbocycles. The van der Waals surface area contributed by atoms with Crippen molar-refractivity contribution in [2.24, 2.45) is 0 Å². The SMILES string of the molecule is Cc1cccc(C)c1OC[C@@H](O)CN1C(=O)[C@@H]2CCCCN2C1=O. The molecule has 0 radical (unpaired) electrons. The fraction of sp³-hybridized carbons (Fsp3) is 0.556. The minimum atomic E-state index is -0.904. The van der Waals surface area contributed by atoms with E-state index in [1.54, 1.807) is 4.90 Å². The molecule has 2 saturated heterocycles. The molecule has 2 aliphatic rings. The van der Waals surface area contributed by atoms with Gasteiger partial charge in [-0.05, 0) is 44.2 Å². The summed E-state index contributed by atoms with van der Waals surface area (Å²) in [5.74, 6) is 0.555. The van der Waals surface area contributed by atoms with E-state index in [4.69, 9.17) is 4.74 Å². The molecule has 2 aliphatic heterocycles. The van der Waals surface area contributed by atoms with E-state index in [1.807, 2.05) is 32.0 Å². The van der Waals surface area contributed by atoms with Gasteiger partial charge in [0.1, 0.15) is 24.5 Å². The zero-order valence-electron chi connectivity index (χ0n) is 14.2. The molecule has 0 bridgehead atoms. The van der Waals surface area contributed by atoms with Crippen molar-refractivity contribution in [1.82, 2.24) is 9.80 Å². The van der Waals surface area contributed by atoms with Crippen molar-refractivity contribution in [3.8, 4) is 5.75 Å². The first-order chi connectivity index (χ1) is 11.5. The van der Waals surface area contributed by atoms with E-state index in [-0.39, 0.29) is 31.1 Å². The number of para-hydroxylation sites is 1. The van der Waals surface area contributed by atoms with Crippen LogP contribution in [0.4, 0.5) is 4.79 Å². The van der Waals surface area contributed by atoms with E-state index < -0.39 is 6.10 Å². The topological polar surface area (TPSA) is 70.1 Å². The van der Waals surface area contributed by atoms with Crippen LogP contribution < -0.4 is 4.74 Å². The summed E-state index contributed by atoms with van der Waals surface area (Å²) in [5, 5.41) is 10.2. The van der Waals surface area contributed by atoms with Gasteiger partial charge in [0, 0.05) is 6.54 Å². The number of benzene rings is 1. The number of nitrogens with zero attached hydrogens (tertiary/aromatic N) is 2. The Labute approximate surface area is 142 Å². The molecule has 6 nitrogen and oxygen atoms in total. The van der Waals surface area contributed by atoms with Crippen molar-refractivity contribution in [2.75, 3.05) is 19.7 Å². The quantitative estimate of drug-likeness (QED) is 0.836. The summed E-state index contributed by atoms with van der Waals surface area (Å²) in [6, 6.07) is 5.22. The lowest BCUT2D eigenvalue weighted by Crippen LogP contribution is -2.40. The lowest BCUT2D eigenvalue weighted by atomic mass is 10.0. The number of piperidine rings is 1. The predicted octanol–water partition coefficient (Wildman–Crippen LogP) is 1.86. The number of imide groups is 1. The maximum atomic E-state index is 12.4. The molecule has 0 spiro atoms. The third kappa shape index (κ3) is 3.11. The number of ether oxygens (including phenoxy) is 1. The van der Waals surface area contributed by atoms with E-state index in [0.29, 0.717) is 6.54 Å². The number of urea groups is 1. The van der Waals surface area contributed by atoms with Crippen LogP contribution in [-0.2, 0) is 4.79 Å². The van der Waals surface area contributed by atoms with Gasteiger partial charge in [-0.15, -0.1) is 0 Å². The smallest absolute Gasteiger partial charge is 0.327 e. The normalized spacial score (nSPS) is 21.9. The van der Waals surface area contributed by atoms with E-state index in [0.717, 1.165) is 36.1 Å². The van der Waals surface area contributed by atoms with Crippen molar-refractivity contribution >= 4 is 11.9 Å². The summed E-state index contributed by atoms with van der Waals surface area (Å²) < 4.78 is 5.72. The highest BCUT2D eigenvalue weighted by molar-refractivity contribution is 6.04. The number of hydrogen-bond donors (Lipinski definition) is 1. The fourth-order valence-corrected chi connectivity index (χ4v) is 3.48. The molecular formula is C18H24N2O4. The van der Waals surface area contributed by atoms with Gasteiger partial charge >= 0.3 is 6.03 Å². The number of β-amino-alcohol motifs (C(OH)–C–C–N with tert-alkyl or cyclic N) is 1. The standard InChI is InChI=1S/C18H24N2O4/c1-12-6-5-7-13(2)16(12)24-11-14(21)10-20-17(22)15-8-3-4-9-19(15)18(20)23/h5-7,14-15,21H,3-4,8-11H2,1-2H3/t14-,15-/m0/s1. The number of amides is 3. The highest BCUT2D eigenvalue weighted by Crippen LogP contribution is 2.27. The zero-order chi connectivity index (χ0) is 17.3. The van der Waals surface area contributed by atoms with Gasteiger partial charge in [-0.2, -0.15) is 0 Å². The first-order valence-electron chi connectivity index (χ1n) is 8.48. The van der Waals surface area contributed by atoms with Crippen molar-refractivity contribution in [1.29, 1.82) is 0 Å². The molecule has 1 aromatic rings. The predicted molar refractivity (Wildman–Crippen MR) is 88.9 cm³/mol. The first-order valence-corrected chi connectivity index (χ1v) is 8.48. The van der Waals surface area contributed by atoms with Gasteiger partial charge in [0.05, 0.1) is 6.54 Å². The third-order valence-corrected chi connectivity index (χ3v) is 4.75. The molecule has 2 heterocycles. The summed E-state index contributed by atoms with van der Waals surface area (Å²) in [6.45, 7) is 4.55. The monoisotopic (exact) mass is 332 g/mol. The highest BCUT2D eigenvalue weighted by Gasteiger charge is 2.46. The third-order valence-electron chi connectivity index (χ3n) is 4.75. The van der Waals surface area contributed by atoms with Crippen LogP contribution in [0, 0.1) is 13.8 Å². The molecule has 0 aromatic heterocycles. The molecule has 1 N–H and O–H groups in total. The maximum Gasteiger partial charge on any atom is 0.327 e. The number of hydrogen-bond acceptors (Lipinski definition) is 4. The van der Waals surface area contributed by atoms with Crippen LogP contribution in [0.1, 0.15) is 30.4 Å². The van der Waals surface area contributed by atoms with Gasteiger partial charge in [-0.25, -0.2) is 4.79 Å². The Morgan fingerprint density at radius 2 is 1.96 bits per heavy atom. The van der Waals surface area contributed by atoms with E-state index in [1.165, 1.54) is 4.90 Å². The van der Waals surface area contributed by atoms with Gasteiger partial charge in [-0.1, -0.05) is 18.2 Å². The van der Waals surface area contributed by atoms with Crippen LogP contribution in [0.25, 0.3) is 0 Å². The van der Waals surface area contributed by atoms with Crippen molar-refractivity contribution in [2.45, 2.75) is 45.3 Å². The number of fused-ring (bicyclic) bond motifs is 1. The van der Waals surface area contributed by atoms with E-state index >= 15 is 0 Å². The van der Waals surface area contributed by atoms with Crippen LogP contribution in [0.15, 0.2) is 18.2 Å². The molecule has 0 aliphatic carbocycles. The number of carbonyl (C=O) groups is 2. The minimum Gasteiger partial charge on any atom is -0.490 e. The summed E-state index contributed by atoms with van der Waals surface area (Å²) in [7, 11) is 0. The lowest BCUT2D eigenvalue weighted by molar-refractivity contribution is -0.129. The van der Waals surface area contributed by atoms with Crippen LogP contribution >= 0.6 is 0 Å². The number of aliphatic hydroxyl groups is 1. The number of aliphatic hydroxyl groups excluding tert-OH is 1. The van der Waals surface area contributed by atoms with Crippen molar-refractivity contribution in [3.63, 3.8) is 0 Å². The second kappa shape index (κ2) is 6.81. The molecule has 2 atom stereocenters. The summed E-state index contributed by atoms with van der Waals surface area (Å²) in [6.07, 6.45) is 1.71.